The number of alkyl halides is 1. The molecule has 0 spiro atoms. The minimum atomic E-state index is -0.539. The van der Waals surface area contributed by atoms with Gasteiger partial charge in [0, 0.05) is 19.6 Å². The van der Waals surface area contributed by atoms with Crippen LogP contribution in [0.15, 0.2) is 35.1 Å². The number of ether oxygens (including phenoxy) is 2. The Hall–Kier alpha value is -1.15. The molecule has 0 aliphatic heterocycles. The van der Waals surface area contributed by atoms with Crippen LogP contribution in [0.4, 0.5) is 0 Å². The van der Waals surface area contributed by atoms with Gasteiger partial charge in [0.25, 0.3) is 0 Å². The quantitative estimate of drug-likeness (QED) is 0.115. The SMILES string of the molecule is CC(C)(I)CC(C)(C)C(C)(C)C(=O)OCCCCCCOc1cc(=O)sc2ccccc12. The molecule has 0 bridgehead atoms. The van der Waals surface area contributed by atoms with Gasteiger partial charge >= 0.3 is 5.97 Å². The largest absolute Gasteiger partial charge is 0.493 e. The zero-order chi connectivity index (χ0) is 24.0. The van der Waals surface area contributed by atoms with Crippen LogP contribution in [0.5, 0.6) is 5.75 Å². The Bertz CT molecular complexity index is 956. The van der Waals surface area contributed by atoms with Crippen molar-refractivity contribution in [3.05, 3.63) is 39.9 Å². The van der Waals surface area contributed by atoms with Crippen molar-refractivity contribution in [3.8, 4) is 5.75 Å². The summed E-state index contributed by atoms with van der Waals surface area (Å²) in [4.78, 5) is 24.6. The van der Waals surface area contributed by atoms with E-state index in [1.165, 1.54) is 11.3 Å². The predicted octanol–water partition coefficient (Wildman–Crippen LogP) is 7.40. The predicted molar refractivity (Wildman–Crippen MR) is 143 cm³/mol. The van der Waals surface area contributed by atoms with Gasteiger partial charge in [0.1, 0.15) is 5.75 Å². The summed E-state index contributed by atoms with van der Waals surface area (Å²) >= 11 is 3.69. The monoisotopic (exact) mass is 572 g/mol. The molecule has 1 aromatic heterocycles. The zero-order valence-electron chi connectivity index (χ0n) is 20.3. The van der Waals surface area contributed by atoms with Crippen molar-refractivity contribution in [1.29, 1.82) is 0 Å². The fourth-order valence-corrected chi connectivity index (χ4v) is 5.60. The second kappa shape index (κ2) is 11.3. The Morgan fingerprint density at radius 3 is 2.25 bits per heavy atom. The molecule has 1 heterocycles. The van der Waals surface area contributed by atoms with Crippen LogP contribution in [-0.4, -0.2) is 22.6 Å². The van der Waals surface area contributed by atoms with Gasteiger partial charge in [-0.25, -0.2) is 0 Å². The van der Waals surface area contributed by atoms with Crippen LogP contribution in [0, 0.1) is 10.8 Å². The maximum atomic E-state index is 12.8. The number of benzene rings is 1. The van der Waals surface area contributed by atoms with Gasteiger partial charge in [0.05, 0.1) is 18.6 Å². The summed E-state index contributed by atoms with van der Waals surface area (Å²) in [5, 5.41) is 0.987. The number of esters is 1. The highest BCUT2D eigenvalue weighted by Crippen LogP contribution is 2.47. The molecule has 0 amide bonds. The lowest BCUT2D eigenvalue weighted by Gasteiger charge is -2.42. The molecular weight excluding hydrogens is 535 g/mol. The fourth-order valence-electron chi connectivity index (χ4n) is 3.83. The van der Waals surface area contributed by atoms with E-state index in [1.54, 1.807) is 6.07 Å². The number of unbranched alkanes of at least 4 members (excludes halogenated alkanes) is 3. The van der Waals surface area contributed by atoms with E-state index in [-0.39, 0.29) is 19.5 Å². The smallest absolute Gasteiger partial charge is 0.312 e. The van der Waals surface area contributed by atoms with Crippen LogP contribution >= 0.6 is 33.9 Å². The standard InChI is InChI=1S/C26H37IO4S/c1-24(2,18-25(3,4)27)26(5,6)23(29)31-16-12-8-7-11-15-30-20-17-22(28)32-21-14-10-9-13-19(20)21/h9-10,13-14,17H,7-8,11-12,15-16,18H2,1-6H3. The van der Waals surface area contributed by atoms with E-state index in [1.807, 2.05) is 38.1 Å². The molecule has 0 saturated carbocycles. The maximum absolute atomic E-state index is 12.8. The summed E-state index contributed by atoms with van der Waals surface area (Å²) in [5.41, 5.74) is -0.693. The van der Waals surface area contributed by atoms with E-state index in [0.717, 1.165) is 42.2 Å². The highest BCUT2D eigenvalue weighted by molar-refractivity contribution is 14.1. The molecule has 1 aromatic carbocycles. The van der Waals surface area contributed by atoms with Crippen molar-refractivity contribution in [1.82, 2.24) is 0 Å². The van der Waals surface area contributed by atoms with Crippen molar-refractivity contribution in [2.24, 2.45) is 10.8 Å². The highest BCUT2D eigenvalue weighted by Gasteiger charge is 2.46. The molecule has 0 atom stereocenters. The van der Waals surface area contributed by atoms with Crippen molar-refractivity contribution in [3.63, 3.8) is 0 Å². The summed E-state index contributed by atoms with van der Waals surface area (Å²) in [6.07, 6.45) is 4.66. The molecule has 0 aliphatic carbocycles. The van der Waals surface area contributed by atoms with Gasteiger partial charge in [-0.05, 0) is 63.5 Å². The van der Waals surface area contributed by atoms with Crippen molar-refractivity contribution >= 4 is 50.0 Å². The molecule has 0 N–H and O–H groups in total. The fraction of sp³-hybridized carbons (Fsp3) is 0.615. The first-order valence-corrected chi connectivity index (χ1v) is 13.2. The molecule has 6 heteroatoms. The average molecular weight is 573 g/mol. The summed E-state index contributed by atoms with van der Waals surface area (Å²) in [6.45, 7) is 13.7. The van der Waals surface area contributed by atoms with Crippen LogP contribution in [0.1, 0.15) is 73.6 Å². The number of fused-ring (bicyclic) bond motifs is 1. The third-order valence-electron chi connectivity index (χ3n) is 6.21. The Morgan fingerprint density at radius 1 is 0.969 bits per heavy atom. The first kappa shape index (κ1) is 27.1. The minimum absolute atomic E-state index is 0.00803. The molecule has 0 unspecified atom stereocenters. The van der Waals surface area contributed by atoms with Crippen LogP contribution in [0.2, 0.25) is 0 Å². The van der Waals surface area contributed by atoms with E-state index in [9.17, 15) is 9.59 Å². The highest BCUT2D eigenvalue weighted by atomic mass is 127. The summed E-state index contributed by atoms with van der Waals surface area (Å²) in [6, 6.07) is 9.40. The molecule has 0 saturated heterocycles. The van der Waals surface area contributed by atoms with Crippen LogP contribution < -0.4 is 9.48 Å². The lowest BCUT2D eigenvalue weighted by Crippen LogP contribution is -2.43. The van der Waals surface area contributed by atoms with Gasteiger partial charge in [-0.15, -0.1) is 0 Å². The molecule has 0 aliphatic rings. The van der Waals surface area contributed by atoms with Crippen molar-refractivity contribution in [2.75, 3.05) is 13.2 Å². The maximum Gasteiger partial charge on any atom is 0.312 e. The van der Waals surface area contributed by atoms with Crippen molar-refractivity contribution < 1.29 is 14.3 Å². The Morgan fingerprint density at radius 2 is 1.59 bits per heavy atom. The number of halogens is 1. The number of hydrogen-bond acceptors (Lipinski definition) is 5. The van der Waals surface area contributed by atoms with Gasteiger partial charge in [0.2, 0.25) is 4.74 Å². The van der Waals surface area contributed by atoms with Gasteiger partial charge in [-0.2, -0.15) is 0 Å². The van der Waals surface area contributed by atoms with Crippen LogP contribution in [0.25, 0.3) is 10.1 Å². The lowest BCUT2D eigenvalue weighted by atomic mass is 9.64. The van der Waals surface area contributed by atoms with Gasteiger partial charge in [0.15, 0.2) is 0 Å². The summed E-state index contributed by atoms with van der Waals surface area (Å²) in [5.74, 6) is 0.551. The topological polar surface area (TPSA) is 52.6 Å². The number of rotatable bonds is 12. The summed E-state index contributed by atoms with van der Waals surface area (Å²) in [7, 11) is 0. The van der Waals surface area contributed by atoms with Crippen molar-refractivity contribution in [2.45, 2.75) is 77.1 Å². The van der Waals surface area contributed by atoms with Gasteiger partial charge < -0.3 is 9.47 Å². The normalized spacial score (nSPS) is 12.7. The molecule has 0 fully saturated rings. The second-order valence-corrected chi connectivity index (χ2v) is 14.2. The average Bonchev–Trinajstić information content (AvgIpc) is 2.67. The van der Waals surface area contributed by atoms with Crippen LogP contribution in [-0.2, 0) is 9.53 Å². The molecule has 32 heavy (non-hydrogen) atoms. The Labute approximate surface area is 210 Å². The first-order valence-electron chi connectivity index (χ1n) is 11.4. The molecule has 2 aromatic rings. The second-order valence-electron chi connectivity index (χ2n) is 10.2. The molecule has 178 valence electrons. The molecular formula is C26H37IO4S. The number of carbonyl (C=O) groups excluding carboxylic acids is 1. The number of hydrogen-bond donors (Lipinski definition) is 0. The first-order chi connectivity index (χ1) is 14.8. The third kappa shape index (κ3) is 7.72. The Kier molecular flexibility index (Phi) is 9.58. The van der Waals surface area contributed by atoms with Crippen LogP contribution in [0.3, 0.4) is 0 Å². The lowest BCUT2D eigenvalue weighted by molar-refractivity contribution is -0.161. The van der Waals surface area contributed by atoms with Gasteiger partial charge in [-0.1, -0.05) is 73.8 Å². The van der Waals surface area contributed by atoms with E-state index < -0.39 is 5.41 Å². The zero-order valence-corrected chi connectivity index (χ0v) is 23.2. The molecule has 2 rings (SSSR count). The van der Waals surface area contributed by atoms with E-state index >= 15 is 0 Å². The van der Waals surface area contributed by atoms with E-state index in [4.69, 9.17) is 9.47 Å². The third-order valence-corrected chi connectivity index (χ3v) is 7.48. The Balaban J connectivity index is 1.70. The molecule has 4 nitrogen and oxygen atoms in total. The molecule has 0 radical (unpaired) electrons. The summed E-state index contributed by atoms with van der Waals surface area (Å²) < 4.78 is 12.6. The van der Waals surface area contributed by atoms with E-state index in [2.05, 4.69) is 50.3 Å². The number of carbonyl (C=O) groups is 1. The van der Waals surface area contributed by atoms with E-state index in [0.29, 0.717) is 19.0 Å². The van der Waals surface area contributed by atoms with Gasteiger partial charge in [-0.3, -0.25) is 9.59 Å². The minimum Gasteiger partial charge on any atom is -0.493 e.